The molecule has 6 N–H and O–H groups in total. The summed E-state index contributed by atoms with van der Waals surface area (Å²) in [4.78, 5) is 16.7. The SMILES string of the molecule is CN(CCCCOc1ccc(C2C(CCC(O)c3ccc(F)cc3)C(=O)N2c2ccc(F)cc2)cc1)CC(O)C(O)C(O)C(O)CO. The van der Waals surface area contributed by atoms with Crippen molar-refractivity contribution in [3.8, 4) is 5.75 Å². The number of benzene rings is 3. The smallest absolute Gasteiger partial charge is 0.233 e. The van der Waals surface area contributed by atoms with E-state index in [2.05, 4.69) is 0 Å². The van der Waals surface area contributed by atoms with Crippen LogP contribution in [0.5, 0.6) is 5.75 Å². The molecule has 0 aliphatic carbocycles. The number of amides is 1. The molecule has 0 saturated carbocycles. The van der Waals surface area contributed by atoms with Crippen LogP contribution in [0.4, 0.5) is 14.5 Å². The fourth-order valence-corrected chi connectivity index (χ4v) is 5.81. The maximum Gasteiger partial charge on any atom is 0.233 e. The lowest BCUT2D eigenvalue weighted by atomic mass is 9.78. The number of hydrogen-bond acceptors (Lipinski definition) is 9. The molecule has 10 nitrogen and oxygen atoms in total. The van der Waals surface area contributed by atoms with Gasteiger partial charge in [0.15, 0.2) is 0 Å². The Hall–Kier alpha value is -3.49. The summed E-state index contributed by atoms with van der Waals surface area (Å²) in [5, 5.41) is 58.9. The molecule has 3 aromatic rings. The molecule has 0 radical (unpaired) electrons. The Morgan fingerprint density at radius 3 is 2.04 bits per heavy atom. The van der Waals surface area contributed by atoms with Crippen molar-refractivity contribution in [2.75, 3.05) is 38.3 Å². The largest absolute Gasteiger partial charge is 0.494 e. The van der Waals surface area contributed by atoms with Crippen molar-refractivity contribution in [1.82, 2.24) is 4.90 Å². The van der Waals surface area contributed by atoms with Crippen LogP contribution in [0.1, 0.15) is 49.0 Å². The summed E-state index contributed by atoms with van der Waals surface area (Å²) in [7, 11) is 1.75. The number of nitrogens with zero attached hydrogens (tertiary/aromatic N) is 2. The highest BCUT2D eigenvalue weighted by atomic mass is 19.1. The second-order valence-electron chi connectivity index (χ2n) is 12.1. The Bertz CT molecular complexity index is 1400. The summed E-state index contributed by atoms with van der Waals surface area (Å²) in [6, 6.07) is 18.4. The van der Waals surface area contributed by atoms with E-state index in [-0.39, 0.29) is 18.5 Å². The van der Waals surface area contributed by atoms with Gasteiger partial charge in [-0.2, -0.15) is 0 Å². The lowest BCUT2D eigenvalue weighted by Gasteiger charge is -2.48. The molecular weight excluding hydrogens is 614 g/mol. The highest BCUT2D eigenvalue weighted by Gasteiger charge is 2.48. The number of anilines is 1. The second kappa shape index (κ2) is 17.1. The summed E-state index contributed by atoms with van der Waals surface area (Å²) in [5.41, 5.74) is 2.01. The third-order valence-corrected chi connectivity index (χ3v) is 8.57. The van der Waals surface area contributed by atoms with Crippen molar-refractivity contribution >= 4 is 11.6 Å². The molecule has 12 heteroatoms. The number of ether oxygens (including phenoxy) is 1. The van der Waals surface area contributed by atoms with Crippen molar-refractivity contribution in [1.29, 1.82) is 0 Å². The van der Waals surface area contributed by atoms with Crippen LogP contribution in [0.3, 0.4) is 0 Å². The highest BCUT2D eigenvalue weighted by Crippen LogP contribution is 2.46. The molecule has 1 amide bonds. The maximum absolute atomic E-state index is 13.6. The Morgan fingerprint density at radius 1 is 0.830 bits per heavy atom. The zero-order valence-electron chi connectivity index (χ0n) is 26.3. The van der Waals surface area contributed by atoms with E-state index in [1.165, 1.54) is 36.4 Å². The van der Waals surface area contributed by atoms with Gasteiger partial charge in [-0.1, -0.05) is 24.3 Å². The molecule has 1 saturated heterocycles. The summed E-state index contributed by atoms with van der Waals surface area (Å²) >= 11 is 0. The van der Waals surface area contributed by atoms with Crippen LogP contribution in [0.25, 0.3) is 0 Å². The van der Waals surface area contributed by atoms with Gasteiger partial charge in [-0.3, -0.25) is 4.79 Å². The van der Waals surface area contributed by atoms with Gasteiger partial charge in [0.05, 0.1) is 37.4 Å². The lowest BCUT2D eigenvalue weighted by molar-refractivity contribution is -0.131. The van der Waals surface area contributed by atoms with Gasteiger partial charge in [-0.25, -0.2) is 8.78 Å². The standard InChI is InChI=1S/C35H44F2N2O8/c1-38(20-30(42)33(44)34(45)31(43)21-40)18-2-3-19-47-27-14-6-23(7-15-27)32-28(16-17-29(41)22-4-8-24(36)9-5-22)35(46)39(32)26-12-10-25(37)11-13-26/h4-15,28-34,40-45H,2-3,16-21H2,1H3. The zero-order valence-corrected chi connectivity index (χ0v) is 26.3. The van der Waals surface area contributed by atoms with E-state index in [0.717, 1.165) is 12.0 Å². The van der Waals surface area contributed by atoms with E-state index < -0.39 is 54.7 Å². The molecule has 0 aromatic heterocycles. The molecule has 3 aromatic carbocycles. The van der Waals surface area contributed by atoms with Gasteiger partial charge < -0.3 is 45.2 Å². The predicted octanol–water partition coefficient (Wildman–Crippen LogP) is 2.71. The number of unbranched alkanes of at least 4 members (excludes halogenated alkanes) is 1. The number of carbonyl (C=O) groups is 1. The molecule has 47 heavy (non-hydrogen) atoms. The van der Waals surface area contributed by atoms with Crippen molar-refractivity contribution < 1.29 is 49.0 Å². The Balaban J connectivity index is 1.30. The summed E-state index contributed by atoms with van der Waals surface area (Å²) < 4.78 is 32.8. The average molecular weight is 659 g/mol. The molecule has 256 valence electrons. The molecule has 1 aliphatic heterocycles. The van der Waals surface area contributed by atoms with E-state index >= 15 is 0 Å². The van der Waals surface area contributed by atoms with E-state index in [0.29, 0.717) is 49.4 Å². The van der Waals surface area contributed by atoms with Crippen LogP contribution in [-0.4, -0.2) is 99.2 Å². The van der Waals surface area contributed by atoms with Crippen LogP contribution in [0.15, 0.2) is 72.8 Å². The molecule has 1 fully saturated rings. The number of β-lactam (4-membered cyclic amide) rings is 1. The third kappa shape index (κ3) is 9.54. The van der Waals surface area contributed by atoms with Gasteiger partial charge in [0.2, 0.25) is 5.91 Å². The van der Waals surface area contributed by atoms with E-state index in [9.17, 15) is 39.1 Å². The van der Waals surface area contributed by atoms with Crippen molar-refractivity contribution in [2.45, 2.75) is 62.2 Å². The first-order valence-electron chi connectivity index (χ1n) is 15.8. The van der Waals surface area contributed by atoms with Gasteiger partial charge in [0, 0.05) is 12.2 Å². The topological polar surface area (TPSA) is 154 Å². The third-order valence-electron chi connectivity index (χ3n) is 8.57. The van der Waals surface area contributed by atoms with Crippen LogP contribution in [0, 0.1) is 17.6 Å². The average Bonchev–Trinajstić information content (AvgIpc) is 3.07. The Morgan fingerprint density at radius 2 is 1.43 bits per heavy atom. The quantitative estimate of drug-likeness (QED) is 0.0895. The predicted molar refractivity (Wildman–Crippen MR) is 170 cm³/mol. The van der Waals surface area contributed by atoms with Gasteiger partial charge in [-0.15, -0.1) is 0 Å². The van der Waals surface area contributed by atoms with Crippen LogP contribution in [0.2, 0.25) is 0 Å². The Labute approximate surface area is 273 Å². The molecule has 0 bridgehead atoms. The van der Waals surface area contributed by atoms with Crippen molar-refractivity contribution in [3.63, 3.8) is 0 Å². The van der Waals surface area contributed by atoms with Crippen molar-refractivity contribution in [2.24, 2.45) is 5.92 Å². The summed E-state index contributed by atoms with van der Waals surface area (Å²) in [5.74, 6) is -0.703. The van der Waals surface area contributed by atoms with Crippen LogP contribution in [-0.2, 0) is 4.79 Å². The normalized spacial score (nSPS) is 19.6. The number of carbonyl (C=O) groups excluding carboxylic acids is 1. The van der Waals surface area contributed by atoms with Gasteiger partial charge in [-0.05, 0) is 98.9 Å². The van der Waals surface area contributed by atoms with E-state index in [1.54, 1.807) is 29.0 Å². The van der Waals surface area contributed by atoms with E-state index in [4.69, 9.17) is 9.84 Å². The fraction of sp³-hybridized carbons (Fsp3) is 0.457. The van der Waals surface area contributed by atoms with Gasteiger partial charge in [0.1, 0.15) is 35.7 Å². The number of rotatable bonds is 18. The zero-order chi connectivity index (χ0) is 34.1. The monoisotopic (exact) mass is 658 g/mol. The molecule has 4 rings (SSSR count). The molecular formula is C35H44F2N2O8. The number of halogens is 2. The minimum atomic E-state index is -1.66. The fourth-order valence-electron chi connectivity index (χ4n) is 5.81. The number of aliphatic hydroxyl groups is 6. The molecule has 7 atom stereocenters. The number of hydrogen-bond donors (Lipinski definition) is 6. The van der Waals surface area contributed by atoms with Crippen molar-refractivity contribution in [3.05, 3.63) is 95.6 Å². The highest BCUT2D eigenvalue weighted by molar-refractivity contribution is 6.03. The van der Waals surface area contributed by atoms with E-state index in [1.807, 2.05) is 24.3 Å². The molecule has 1 heterocycles. The number of aliphatic hydroxyl groups excluding tert-OH is 6. The van der Waals surface area contributed by atoms with Crippen LogP contribution < -0.4 is 9.64 Å². The summed E-state index contributed by atoms with van der Waals surface area (Å²) in [6.07, 6.45) is -4.85. The van der Waals surface area contributed by atoms with Gasteiger partial charge >= 0.3 is 0 Å². The minimum absolute atomic E-state index is 0.0590. The maximum atomic E-state index is 13.6. The second-order valence-corrected chi connectivity index (χ2v) is 12.1. The molecule has 7 unspecified atom stereocenters. The molecule has 0 spiro atoms. The van der Waals surface area contributed by atoms with Crippen LogP contribution >= 0.6 is 0 Å². The molecule has 1 aliphatic rings. The first kappa shape index (κ1) is 36.3. The lowest BCUT2D eigenvalue weighted by Crippen LogP contribution is -2.55. The van der Waals surface area contributed by atoms with Gasteiger partial charge in [0.25, 0.3) is 0 Å². The minimum Gasteiger partial charge on any atom is -0.494 e. The Kier molecular flexibility index (Phi) is 13.2. The first-order chi connectivity index (χ1) is 22.5. The first-order valence-corrected chi connectivity index (χ1v) is 15.8. The number of likely N-dealkylation sites (N-methyl/N-ethyl adjacent to an activating group) is 1. The summed E-state index contributed by atoms with van der Waals surface area (Å²) in [6.45, 7) is 0.331.